The van der Waals surface area contributed by atoms with Gasteiger partial charge in [-0.3, -0.25) is 14.4 Å². The Balaban J connectivity index is 1.49. The van der Waals surface area contributed by atoms with Crippen molar-refractivity contribution in [2.24, 2.45) is 0 Å². The van der Waals surface area contributed by atoms with E-state index in [1.165, 1.54) is 6.92 Å². The fourth-order valence-corrected chi connectivity index (χ4v) is 5.04. The molecular weight excluding hydrogens is 468 g/mol. The van der Waals surface area contributed by atoms with Crippen molar-refractivity contribution < 1.29 is 27.9 Å². The van der Waals surface area contributed by atoms with Gasteiger partial charge in [0.1, 0.15) is 29.8 Å². The molecule has 36 heavy (non-hydrogen) atoms. The number of rotatable bonds is 6. The van der Waals surface area contributed by atoms with E-state index in [1.807, 2.05) is 30.3 Å². The summed E-state index contributed by atoms with van der Waals surface area (Å²) >= 11 is 0. The van der Waals surface area contributed by atoms with Crippen molar-refractivity contribution >= 4 is 17.7 Å². The smallest absolute Gasteiger partial charge is 0.248 e. The van der Waals surface area contributed by atoms with Crippen LogP contribution in [0.25, 0.3) is 0 Å². The maximum absolute atomic E-state index is 13.5. The molecule has 1 saturated heterocycles. The molecular formula is C27H31F2N3O4. The monoisotopic (exact) mass is 499 g/mol. The van der Waals surface area contributed by atoms with Gasteiger partial charge < -0.3 is 20.3 Å². The van der Waals surface area contributed by atoms with Gasteiger partial charge in [-0.05, 0) is 43.0 Å². The molecule has 3 amide bonds. The molecule has 2 N–H and O–H groups in total. The quantitative estimate of drug-likeness (QED) is 0.640. The number of carbonyl (C=O) groups excluding carboxylic acids is 3. The van der Waals surface area contributed by atoms with Crippen LogP contribution in [0.5, 0.6) is 0 Å². The topological polar surface area (TPSA) is 87.7 Å². The van der Waals surface area contributed by atoms with Gasteiger partial charge in [-0.2, -0.15) is 0 Å². The van der Waals surface area contributed by atoms with Crippen LogP contribution in [-0.4, -0.2) is 53.9 Å². The Hall–Kier alpha value is -3.33. The summed E-state index contributed by atoms with van der Waals surface area (Å²) in [4.78, 5) is 40.7. The van der Waals surface area contributed by atoms with Crippen LogP contribution in [-0.2, 0) is 25.5 Å². The first kappa shape index (κ1) is 25.8. The zero-order valence-corrected chi connectivity index (χ0v) is 20.4. The number of ether oxygens (including phenoxy) is 1. The lowest BCUT2D eigenvalue weighted by atomic mass is 9.91. The van der Waals surface area contributed by atoms with Gasteiger partial charge in [-0.1, -0.05) is 43.2 Å². The summed E-state index contributed by atoms with van der Waals surface area (Å²) in [6.07, 6.45) is 2.57. The molecule has 0 spiro atoms. The number of nitrogens with one attached hydrogen (secondary N) is 2. The zero-order chi connectivity index (χ0) is 25.8. The minimum absolute atomic E-state index is 0.0665. The second-order valence-electron chi connectivity index (χ2n) is 9.54. The summed E-state index contributed by atoms with van der Waals surface area (Å²) in [6, 6.07) is 10.1. The third-order valence-electron chi connectivity index (χ3n) is 6.89. The molecule has 0 bridgehead atoms. The maximum Gasteiger partial charge on any atom is 0.248 e. The molecule has 0 radical (unpaired) electrons. The average molecular weight is 500 g/mol. The van der Waals surface area contributed by atoms with Gasteiger partial charge in [0, 0.05) is 13.1 Å². The number of hydrogen-bond acceptors (Lipinski definition) is 4. The second-order valence-corrected chi connectivity index (χ2v) is 9.54. The standard InChI is InChI=1S/C27H31F2N3O4/c1-16(30-23(33)14-17-12-19(28)15-20(29)13-17)26(34)31-24-25(18-8-4-3-5-9-18)36-22-11-7-6-10-21(22)32(2)27(24)35/h3-5,8-9,12-13,15-16,21-22,24-25H,6-7,10-11,14H2,1-2H3,(H,30,33)(H,31,34)/t16-,21?,22?,24?,25?/m0/s1. The van der Waals surface area contributed by atoms with Crippen LogP contribution in [0.15, 0.2) is 48.5 Å². The first-order chi connectivity index (χ1) is 17.2. The molecule has 5 atom stereocenters. The van der Waals surface area contributed by atoms with Crippen molar-refractivity contribution in [3.63, 3.8) is 0 Å². The number of hydrogen-bond donors (Lipinski definition) is 2. The predicted octanol–water partition coefficient (Wildman–Crippen LogP) is 3.04. The Morgan fingerprint density at radius 2 is 1.75 bits per heavy atom. The van der Waals surface area contributed by atoms with Gasteiger partial charge in [0.2, 0.25) is 17.7 Å². The number of nitrogens with zero attached hydrogens (tertiary/aromatic N) is 1. The minimum atomic E-state index is -0.990. The molecule has 1 heterocycles. The van der Waals surface area contributed by atoms with Crippen LogP contribution in [0.3, 0.4) is 0 Å². The predicted molar refractivity (Wildman–Crippen MR) is 129 cm³/mol. The van der Waals surface area contributed by atoms with Crippen molar-refractivity contribution in [1.29, 1.82) is 0 Å². The normalized spacial score (nSPS) is 24.9. The Bertz CT molecular complexity index is 1090. The van der Waals surface area contributed by atoms with Crippen LogP contribution in [0.1, 0.15) is 49.8 Å². The molecule has 9 heteroatoms. The van der Waals surface area contributed by atoms with Crippen LogP contribution >= 0.6 is 0 Å². The summed E-state index contributed by atoms with van der Waals surface area (Å²) in [5, 5.41) is 5.34. The molecule has 0 aromatic heterocycles. The molecule has 1 aliphatic carbocycles. The van der Waals surface area contributed by atoms with Crippen molar-refractivity contribution in [2.45, 2.75) is 69.4 Å². The number of halogens is 2. The molecule has 1 aliphatic heterocycles. The van der Waals surface area contributed by atoms with E-state index < -0.39 is 41.6 Å². The summed E-state index contributed by atoms with van der Waals surface area (Å²) in [6.45, 7) is 1.49. The first-order valence-electron chi connectivity index (χ1n) is 12.2. The van der Waals surface area contributed by atoms with Crippen molar-refractivity contribution in [1.82, 2.24) is 15.5 Å². The third kappa shape index (κ3) is 5.90. The lowest BCUT2D eigenvalue weighted by Crippen LogP contribution is -2.55. The van der Waals surface area contributed by atoms with E-state index in [2.05, 4.69) is 10.6 Å². The van der Waals surface area contributed by atoms with Gasteiger partial charge in [0.15, 0.2) is 0 Å². The van der Waals surface area contributed by atoms with Crippen LogP contribution in [0.2, 0.25) is 0 Å². The van der Waals surface area contributed by atoms with Gasteiger partial charge in [-0.25, -0.2) is 8.78 Å². The Morgan fingerprint density at radius 1 is 1.08 bits per heavy atom. The number of likely N-dealkylation sites (N-methyl/N-ethyl adjacent to an activating group) is 1. The summed E-state index contributed by atoms with van der Waals surface area (Å²) in [5.74, 6) is -2.96. The van der Waals surface area contributed by atoms with Crippen molar-refractivity contribution in [3.05, 3.63) is 71.3 Å². The highest BCUT2D eigenvalue weighted by Gasteiger charge is 2.44. The second kappa shape index (κ2) is 11.2. The van der Waals surface area contributed by atoms with E-state index in [1.54, 1.807) is 11.9 Å². The fraction of sp³-hybridized carbons (Fsp3) is 0.444. The average Bonchev–Trinajstić information content (AvgIpc) is 2.94. The fourth-order valence-electron chi connectivity index (χ4n) is 5.04. The molecule has 2 fully saturated rings. The molecule has 192 valence electrons. The lowest BCUT2D eigenvalue weighted by molar-refractivity contribution is -0.138. The Labute approximate surface area is 209 Å². The molecule has 1 saturated carbocycles. The molecule has 7 nitrogen and oxygen atoms in total. The van der Waals surface area contributed by atoms with E-state index in [-0.39, 0.29) is 30.0 Å². The van der Waals surface area contributed by atoms with Gasteiger partial charge in [-0.15, -0.1) is 0 Å². The van der Waals surface area contributed by atoms with Crippen LogP contribution in [0.4, 0.5) is 8.78 Å². The highest BCUT2D eigenvalue weighted by atomic mass is 19.1. The third-order valence-corrected chi connectivity index (χ3v) is 6.89. The van der Waals surface area contributed by atoms with E-state index in [9.17, 15) is 23.2 Å². The number of carbonyl (C=O) groups is 3. The highest BCUT2D eigenvalue weighted by molar-refractivity contribution is 5.92. The van der Waals surface area contributed by atoms with Crippen LogP contribution < -0.4 is 10.6 Å². The molecule has 4 unspecified atom stereocenters. The van der Waals surface area contributed by atoms with Gasteiger partial charge in [0.05, 0.1) is 18.6 Å². The molecule has 2 aromatic carbocycles. The number of fused-ring (bicyclic) bond motifs is 1. The van der Waals surface area contributed by atoms with E-state index >= 15 is 0 Å². The van der Waals surface area contributed by atoms with Crippen LogP contribution in [0, 0.1) is 11.6 Å². The molecule has 4 rings (SSSR count). The summed E-state index contributed by atoms with van der Waals surface area (Å²) < 4.78 is 33.4. The maximum atomic E-state index is 13.5. The number of benzene rings is 2. The van der Waals surface area contributed by atoms with E-state index in [4.69, 9.17) is 4.74 Å². The lowest BCUT2D eigenvalue weighted by Gasteiger charge is -2.35. The molecule has 2 aliphatic rings. The summed E-state index contributed by atoms with van der Waals surface area (Å²) in [7, 11) is 1.74. The minimum Gasteiger partial charge on any atom is -0.365 e. The van der Waals surface area contributed by atoms with E-state index in [0.29, 0.717) is 0 Å². The number of amides is 3. The highest BCUT2D eigenvalue weighted by Crippen LogP contribution is 2.35. The van der Waals surface area contributed by atoms with Crippen molar-refractivity contribution in [2.75, 3.05) is 7.05 Å². The SMILES string of the molecule is C[C@H](NC(=O)Cc1cc(F)cc(F)c1)C(=O)NC1C(=O)N(C)C2CCCCC2OC1c1ccccc1. The van der Waals surface area contributed by atoms with E-state index in [0.717, 1.165) is 49.4 Å². The largest absolute Gasteiger partial charge is 0.365 e. The zero-order valence-electron chi connectivity index (χ0n) is 20.4. The van der Waals surface area contributed by atoms with Gasteiger partial charge in [0.25, 0.3) is 0 Å². The molecule has 2 aromatic rings. The Morgan fingerprint density at radius 3 is 2.44 bits per heavy atom. The Kier molecular flexibility index (Phi) is 7.98. The van der Waals surface area contributed by atoms with Gasteiger partial charge >= 0.3 is 0 Å². The summed E-state index contributed by atoms with van der Waals surface area (Å²) in [5.41, 5.74) is 0.930. The van der Waals surface area contributed by atoms with Crippen molar-refractivity contribution in [3.8, 4) is 0 Å². The first-order valence-corrected chi connectivity index (χ1v) is 12.2.